The number of benzene rings is 10. The monoisotopic (exact) mass is 993 g/mol. The average Bonchev–Trinajstić information content (AvgIpc) is 3.71. The molecule has 13 aromatic rings. The molecule has 3 heteroatoms. The van der Waals surface area contributed by atoms with Gasteiger partial charge in [-0.15, -0.1) is 0 Å². The lowest BCUT2D eigenvalue weighted by molar-refractivity contribution is 1.32. The van der Waals surface area contributed by atoms with Gasteiger partial charge in [0, 0.05) is 34.6 Å². The number of nitrogens with zero attached hydrogens (tertiary/aromatic N) is 3. The predicted molar refractivity (Wildman–Crippen MR) is 325 cm³/mol. The van der Waals surface area contributed by atoms with E-state index >= 15 is 0 Å². The summed E-state index contributed by atoms with van der Waals surface area (Å²) in [5.41, 5.74) is 26.3. The van der Waals surface area contributed by atoms with Gasteiger partial charge in [0.15, 0.2) is 0 Å². The number of pyridine rings is 3. The summed E-state index contributed by atoms with van der Waals surface area (Å²) in [4.78, 5) is 14.5. The summed E-state index contributed by atoms with van der Waals surface area (Å²) in [5.74, 6) is 0. The van der Waals surface area contributed by atoms with E-state index in [-0.39, 0.29) is 0 Å². The highest BCUT2D eigenvalue weighted by Gasteiger charge is 2.19. The van der Waals surface area contributed by atoms with Crippen LogP contribution in [0.4, 0.5) is 0 Å². The van der Waals surface area contributed by atoms with E-state index in [1.807, 2.05) is 42.7 Å². The lowest BCUT2D eigenvalue weighted by Gasteiger charge is -2.19. The van der Waals surface area contributed by atoms with Crippen molar-refractivity contribution in [1.29, 1.82) is 0 Å². The molecule has 0 amide bonds. The second-order valence-electron chi connectivity index (χ2n) is 19.5. The molecule has 0 unspecified atom stereocenters. The first kappa shape index (κ1) is 47.4. The standard InChI is InChI=1S/C75H51N3/c1-3-19-52(20-4-1)58-23-17-24-59(47-58)71-51-60(75-34-18-33-74(78-75)55-21-5-2-6-22-55)43-44-70(71)69-30-12-11-29-68(69)63-49-61(66-27-9-7-25-64(66)53-35-39-56(40-36-53)72-31-13-15-45-76-72)48-62(50-63)67-28-10-8-26-65(67)54-37-41-57(42-38-54)73-32-14-16-46-77-73/h1-51H. The Labute approximate surface area is 456 Å². The Hall–Kier alpha value is -10.4. The van der Waals surface area contributed by atoms with Crippen molar-refractivity contribution in [2.75, 3.05) is 0 Å². The Balaban J connectivity index is 0.993. The van der Waals surface area contributed by atoms with Crippen LogP contribution in [0.2, 0.25) is 0 Å². The Kier molecular flexibility index (Phi) is 13.0. The first-order valence-electron chi connectivity index (χ1n) is 26.5. The van der Waals surface area contributed by atoms with Gasteiger partial charge >= 0.3 is 0 Å². The highest BCUT2D eigenvalue weighted by molar-refractivity contribution is 5.98. The minimum absolute atomic E-state index is 0.920. The molecule has 0 fully saturated rings. The molecular weight excluding hydrogens is 943 g/mol. The van der Waals surface area contributed by atoms with Crippen molar-refractivity contribution in [2.24, 2.45) is 0 Å². The van der Waals surface area contributed by atoms with Crippen LogP contribution in [0.5, 0.6) is 0 Å². The van der Waals surface area contributed by atoms with E-state index in [1.54, 1.807) is 0 Å². The van der Waals surface area contributed by atoms with Crippen LogP contribution in [0.25, 0.3) is 134 Å². The van der Waals surface area contributed by atoms with E-state index in [0.29, 0.717) is 0 Å². The predicted octanol–water partition coefficient (Wildman–Crippen LogP) is 19.9. The first-order chi connectivity index (χ1) is 38.7. The zero-order chi connectivity index (χ0) is 52.0. The number of hydrogen-bond donors (Lipinski definition) is 0. The molecule has 366 valence electrons. The summed E-state index contributed by atoms with van der Waals surface area (Å²) in [7, 11) is 0. The van der Waals surface area contributed by atoms with E-state index in [9.17, 15) is 0 Å². The zero-order valence-corrected chi connectivity index (χ0v) is 42.8. The molecule has 0 N–H and O–H groups in total. The molecule has 3 nitrogen and oxygen atoms in total. The van der Waals surface area contributed by atoms with E-state index < -0.39 is 0 Å². The van der Waals surface area contributed by atoms with E-state index in [0.717, 1.165) is 128 Å². The van der Waals surface area contributed by atoms with E-state index in [1.165, 1.54) is 5.56 Å². The van der Waals surface area contributed by atoms with Crippen LogP contribution in [0.3, 0.4) is 0 Å². The van der Waals surface area contributed by atoms with Gasteiger partial charge in [0.2, 0.25) is 0 Å². The summed E-state index contributed by atoms with van der Waals surface area (Å²) in [5, 5.41) is 0. The molecular formula is C75H51N3. The molecule has 0 aliphatic carbocycles. The first-order valence-corrected chi connectivity index (χ1v) is 26.5. The Morgan fingerprint density at radius 2 is 0.487 bits per heavy atom. The van der Waals surface area contributed by atoms with Crippen LogP contribution in [-0.2, 0) is 0 Å². The molecule has 0 radical (unpaired) electrons. The van der Waals surface area contributed by atoms with Crippen LogP contribution < -0.4 is 0 Å². The molecule has 13 rings (SSSR count). The molecule has 0 aliphatic heterocycles. The molecule has 0 saturated heterocycles. The minimum Gasteiger partial charge on any atom is -0.256 e. The van der Waals surface area contributed by atoms with Crippen molar-refractivity contribution in [3.8, 4) is 134 Å². The van der Waals surface area contributed by atoms with Gasteiger partial charge in [0.1, 0.15) is 0 Å². The minimum atomic E-state index is 0.920. The Morgan fingerprint density at radius 1 is 0.154 bits per heavy atom. The van der Waals surface area contributed by atoms with Crippen LogP contribution >= 0.6 is 0 Å². The molecule has 0 spiro atoms. The smallest absolute Gasteiger partial charge is 0.0709 e. The third-order valence-corrected chi connectivity index (χ3v) is 14.7. The summed E-state index contributed by atoms with van der Waals surface area (Å²) in [6.07, 6.45) is 3.69. The summed E-state index contributed by atoms with van der Waals surface area (Å²) < 4.78 is 0. The van der Waals surface area contributed by atoms with Gasteiger partial charge in [-0.1, -0.05) is 231 Å². The largest absolute Gasteiger partial charge is 0.256 e. The molecule has 0 atom stereocenters. The highest BCUT2D eigenvalue weighted by atomic mass is 14.7. The lowest BCUT2D eigenvalue weighted by Crippen LogP contribution is -1.94. The van der Waals surface area contributed by atoms with E-state index in [4.69, 9.17) is 4.98 Å². The fraction of sp³-hybridized carbons (Fsp3) is 0. The fourth-order valence-electron chi connectivity index (χ4n) is 10.8. The number of hydrogen-bond acceptors (Lipinski definition) is 3. The van der Waals surface area contributed by atoms with E-state index in [2.05, 4.69) is 277 Å². The summed E-state index contributed by atoms with van der Waals surface area (Å²) in [6.45, 7) is 0. The zero-order valence-electron chi connectivity index (χ0n) is 42.8. The lowest BCUT2D eigenvalue weighted by atomic mass is 9.84. The maximum Gasteiger partial charge on any atom is 0.0709 e. The van der Waals surface area contributed by atoms with Crippen LogP contribution in [-0.4, -0.2) is 15.0 Å². The van der Waals surface area contributed by atoms with Gasteiger partial charge in [-0.05, 0) is 156 Å². The Morgan fingerprint density at radius 3 is 1.00 bits per heavy atom. The van der Waals surface area contributed by atoms with Crippen LogP contribution in [0, 0.1) is 0 Å². The average molecular weight is 994 g/mol. The molecule has 0 saturated carbocycles. The van der Waals surface area contributed by atoms with Crippen molar-refractivity contribution in [1.82, 2.24) is 15.0 Å². The molecule has 0 bridgehead atoms. The van der Waals surface area contributed by atoms with Crippen molar-refractivity contribution in [3.05, 3.63) is 310 Å². The second kappa shape index (κ2) is 21.5. The van der Waals surface area contributed by atoms with Gasteiger partial charge in [0.25, 0.3) is 0 Å². The van der Waals surface area contributed by atoms with Gasteiger partial charge < -0.3 is 0 Å². The molecule has 10 aromatic carbocycles. The topological polar surface area (TPSA) is 38.7 Å². The van der Waals surface area contributed by atoms with Gasteiger partial charge in [-0.25, -0.2) is 4.98 Å². The van der Waals surface area contributed by atoms with Gasteiger partial charge in [0.05, 0.1) is 22.8 Å². The van der Waals surface area contributed by atoms with Crippen molar-refractivity contribution < 1.29 is 0 Å². The van der Waals surface area contributed by atoms with Crippen LogP contribution in [0.1, 0.15) is 0 Å². The third-order valence-electron chi connectivity index (χ3n) is 14.7. The quantitative estimate of drug-likeness (QED) is 0.122. The second-order valence-corrected chi connectivity index (χ2v) is 19.5. The SMILES string of the molecule is c1ccc(-c2cccc(-c3cc(-c4cccc(-c5ccccc5)n4)ccc3-c3ccccc3-c3cc(-c4ccccc4-c4ccc(-c5ccccn5)cc4)cc(-c4ccccc4-c4ccc(-c5ccccn5)cc4)c3)c2)cc1. The van der Waals surface area contributed by atoms with Crippen molar-refractivity contribution >= 4 is 0 Å². The third kappa shape index (κ3) is 9.76. The summed E-state index contributed by atoms with van der Waals surface area (Å²) in [6, 6.07) is 107. The molecule has 0 aliphatic rings. The molecule has 3 aromatic heterocycles. The highest BCUT2D eigenvalue weighted by Crippen LogP contribution is 2.45. The maximum absolute atomic E-state index is 5.25. The summed E-state index contributed by atoms with van der Waals surface area (Å²) >= 11 is 0. The van der Waals surface area contributed by atoms with Crippen molar-refractivity contribution in [2.45, 2.75) is 0 Å². The number of aromatic nitrogens is 3. The van der Waals surface area contributed by atoms with Gasteiger partial charge in [-0.3, -0.25) is 9.97 Å². The number of rotatable bonds is 12. The maximum atomic E-state index is 5.25. The molecule has 3 heterocycles. The van der Waals surface area contributed by atoms with Crippen molar-refractivity contribution in [3.63, 3.8) is 0 Å². The Bertz CT molecular complexity index is 4070. The van der Waals surface area contributed by atoms with Gasteiger partial charge in [-0.2, -0.15) is 0 Å². The fourth-order valence-corrected chi connectivity index (χ4v) is 10.8. The molecule has 78 heavy (non-hydrogen) atoms. The van der Waals surface area contributed by atoms with Crippen LogP contribution in [0.15, 0.2) is 310 Å². The normalized spacial score (nSPS) is 11.1.